The summed E-state index contributed by atoms with van der Waals surface area (Å²) in [6.45, 7) is 0. The van der Waals surface area contributed by atoms with Gasteiger partial charge in [0.25, 0.3) is 0 Å². The molecule has 1 unspecified atom stereocenters. The molecule has 1 heterocycles. The van der Waals surface area contributed by atoms with Gasteiger partial charge in [0.2, 0.25) is 5.96 Å². The van der Waals surface area contributed by atoms with Gasteiger partial charge >= 0.3 is 0 Å². The third-order valence-corrected chi connectivity index (χ3v) is 2.80. The van der Waals surface area contributed by atoms with Gasteiger partial charge in [-0.25, -0.2) is 9.98 Å². The lowest BCUT2D eigenvalue weighted by Crippen LogP contribution is -2.47. The van der Waals surface area contributed by atoms with Crippen LogP contribution in [0.4, 0.5) is 0 Å². The van der Waals surface area contributed by atoms with Crippen molar-refractivity contribution in [3.63, 3.8) is 0 Å². The van der Waals surface area contributed by atoms with Gasteiger partial charge in [0, 0.05) is 21.1 Å². The van der Waals surface area contributed by atoms with Crippen LogP contribution in [0, 0.1) is 0 Å². The van der Waals surface area contributed by atoms with Gasteiger partial charge in [-0.05, 0) is 17.7 Å². The summed E-state index contributed by atoms with van der Waals surface area (Å²) < 4.78 is 5.15. The van der Waals surface area contributed by atoms with Crippen LogP contribution in [0.25, 0.3) is 0 Å². The van der Waals surface area contributed by atoms with Crippen LogP contribution in [0.15, 0.2) is 34.3 Å². The number of nitrogens with zero attached hydrogens (tertiary/aromatic N) is 3. The summed E-state index contributed by atoms with van der Waals surface area (Å²) in [4.78, 5) is 11.0. The molecule has 6 heteroatoms. The van der Waals surface area contributed by atoms with Crippen molar-refractivity contribution in [1.29, 1.82) is 0 Å². The van der Waals surface area contributed by atoms with Crippen LogP contribution >= 0.6 is 0 Å². The second-order valence-electron chi connectivity index (χ2n) is 4.35. The van der Waals surface area contributed by atoms with E-state index in [-0.39, 0.29) is 6.17 Å². The molecule has 1 aliphatic heterocycles. The van der Waals surface area contributed by atoms with Crippen LogP contribution in [0.1, 0.15) is 11.7 Å². The van der Waals surface area contributed by atoms with Crippen LogP contribution in [0.5, 0.6) is 5.75 Å². The number of benzene rings is 1. The van der Waals surface area contributed by atoms with Gasteiger partial charge in [-0.1, -0.05) is 12.1 Å². The van der Waals surface area contributed by atoms with Crippen LogP contribution in [0.2, 0.25) is 0 Å². The molecular weight excluding hydrogens is 242 g/mol. The molecule has 0 bridgehead atoms. The predicted octanol–water partition coefficient (Wildman–Crippen LogP) is 0.790. The second kappa shape index (κ2) is 5.60. The lowest BCUT2D eigenvalue weighted by atomic mass is 10.1. The Morgan fingerprint density at radius 2 is 1.89 bits per heavy atom. The molecule has 0 fully saturated rings. The summed E-state index contributed by atoms with van der Waals surface area (Å²) in [6, 6.07) is 7.78. The minimum atomic E-state index is -0.244. The minimum Gasteiger partial charge on any atom is -0.497 e. The van der Waals surface area contributed by atoms with Crippen molar-refractivity contribution in [2.24, 2.45) is 9.98 Å². The first kappa shape index (κ1) is 13.2. The number of methoxy groups -OCH3 is 1. The highest BCUT2D eigenvalue weighted by Crippen LogP contribution is 2.23. The Labute approximate surface area is 113 Å². The quantitative estimate of drug-likeness (QED) is 0.826. The van der Waals surface area contributed by atoms with E-state index in [0.717, 1.165) is 17.3 Å². The number of hydrogen-bond acceptors (Lipinski definition) is 6. The fourth-order valence-electron chi connectivity index (χ4n) is 1.72. The van der Waals surface area contributed by atoms with Crippen molar-refractivity contribution in [1.82, 2.24) is 15.5 Å². The Hall–Kier alpha value is -2.24. The number of aliphatic imine (C=N–C) groups is 2. The molecule has 2 N–H and O–H groups in total. The molecule has 102 valence electrons. The first-order valence-corrected chi connectivity index (χ1v) is 6.05. The van der Waals surface area contributed by atoms with E-state index in [1.165, 1.54) is 0 Å². The van der Waals surface area contributed by atoms with E-state index in [2.05, 4.69) is 20.6 Å². The van der Waals surface area contributed by atoms with Gasteiger partial charge in [0.1, 0.15) is 5.75 Å². The maximum Gasteiger partial charge on any atom is 0.202 e. The Morgan fingerprint density at radius 3 is 2.42 bits per heavy atom. The molecule has 1 atom stereocenters. The molecule has 0 radical (unpaired) electrons. The Balaban J connectivity index is 2.29. The smallest absolute Gasteiger partial charge is 0.202 e. The van der Waals surface area contributed by atoms with E-state index >= 15 is 0 Å². The molecule has 0 spiro atoms. The van der Waals surface area contributed by atoms with Crippen LogP contribution < -0.4 is 15.4 Å². The summed E-state index contributed by atoms with van der Waals surface area (Å²) >= 11 is 0. The predicted molar refractivity (Wildman–Crippen MR) is 76.5 cm³/mol. The van der Waals surface area contributed by atoms with Crippen molar-refractivity contribution in [2.75, 3.05) is 28.3 Å². The first-order valence-electron chi connectivity index (χ1n) is 6.05. The van der Waals surface area contributed by atoms with E-state index in [9.17, 15) is 0 Å². The Kier molecular flexibility index (Phi) is 3.89. The van der Waals surface area contributed by atoms with Gasteiger partial charge in [-0.3, -0.25) is 5.32 Å². The highest BCUT2D eigenvalue weighted by atomic mass is 16.5. The number of rotatable bonds is 2. The molecule has 0 saturated carbocycles. The average Bonchev–Trinajstić information content (AvgIpc) is 2.46. The van der Waals surface area contributed by atoms with Crippen molar-refractivity contribution in [3.05, 3.63) is 29.8 Å². The summed E-state index contributed by atoms with van der Waals surface area (Å²) in [7, 11) is 7.36. The van der Waals surface area contributed by atoms with Gasteiger partial charge in [0.05, 0.1) is 7.11 Å². The van der Waals surface area contributed by atoms with E-state index in [4.69, 9.17) is 4.74 Å². The monoisotopic (exact) mass is 261 g/mol. The second-order valence-corrected chi connectivity index (χ2v) is 4.35. The molecule has 0 saturated heterocycles. The van der Waals surface area contributed by atoms with Gasteiger partial charge in [-0.2, -0.15) is 0 Å². The fourth-order valence-corrected chi connectivity index (χ4v) is 1.72. The molecule has 0 aromatic heterocycles. The van der Waals surface area contributed by atoms with E-state index in [1.807, 2.05) is 50.3 Å². The van der Waals surface area contributed by atoms with Gasteiger partial charge < -0.3 is 15.0 Å². The standard InChI is InChI=1S/C13H19N5O/c1-14-12-15-11(16-13(17-12)18(2)3)9-5-7-10(19-4)8-6-9/h5-8,11H,1-4H3,(H2,14,15,16,17). The zero-order valence-electron chi connectivity index (χ0n) is 11.6. The van der Waals surface area contributed by atoms with Crippen LogP contribution in [-0.2, 0) is 0 Å². The highest BCUT2D eigenvalue weighted by Gasteiger charge is 2.18. The van der Waals surface area contributed by atoms with E-state index < -0.39 is 0 Å². The molecule has 6 nitrogen and oxygen atoms in total. The molecule has 0 aliphatic carbocycles. The largest absolute Gasteiger partial charge is 0.497 e. The summed E-state index contributed by atoms with van der Waals surface area (Å²) in [5.41, 5.74) is 1.02. The number of ether oxygens (including phenoxy) is 1. The van der Waals surface area contributed by atoms with Gasteiger partial charge in [0.15, 0.2) is 12.1 Å². The number of hydrogen-bond donors (Lipinski definition) is 2. The topological polar surface area (TPSA) is 61.3 Å². The number of guanidine groups is 2. The van der Waals surface area contributed by atoms with Crippen molar-refractivity contribution in [2.45, 2.75) is 6.17 Å². The lowest BCUT2D eigenvalue weighted by molar-refractivity contribution is 0.414. The average molecular weight is 261 g/mol. The van der Waals surface area contributed by atoms with Gasteiger partial charge in [-0.15, -0.1) is 0 Å². The van der Waals surface area contributed by atoms with Crippen molar-refractivity contribution >= 4 is 11.9 Å². The van der Waals surface area contributed by atoms with Crippen molar-refractivity contribution in [3.8, 4) is 5.75 Å². The summed E-state index contributed by atoms with van der Waals surface area (Å²) in [5.74, 6) is 2.31. The fraction of sp³-hybridized carbons (Fsp3) is 0.385. The highest BCUT2D eigenvalue weighted by molar-refractivity contribution is 5.99. The third-order valence-electron chi connectivity index (χ3n) is 2.80. The first-order chi connectivity index (χ1) is 9.13. The van der Waals surface area contributed by atoms with E-state index in [0.29, 0.717) is 5.96 Å². The Morgan fingerprint density at radius 1 is 1.21 bits per heavy atom. The third kappa shape index (κ3) is 2.96. The summed E-state index contributed by atoms with van der Waals surface area (Å²) in [6.07, 6.45) is -0.244. The number of nitrogens with one attached hydrogen (secondary N) is 2. The summed E-state index contributed by atoms with van der Waals surface area (Å²) in [5, 5.41) is 6.13. The molecule has 1 aromatic carbocycles. The normalized spacial score (nSPS) is 18.0. The minimum absolute atomic E-state index is 0.244. The van der Waals surface area contributed by atoms with E-state index in [1.54, 1.807) is 7.11 Å². The molecule has 0 amide bonds. The molecular formula is C13H19N5O. The molecule has 1 aromatic rings. The Bertz CT molecular complexity index is 492. The maximum atomic E-state index is 5.15. The van der Waals surface area contributed by atoms with Crippen molar-refractivity contribution < 1.29 is 4.74 Å². The molecule has 19 heavy (non-hydrogen) atoms. The lowest BCUT2D eigenvalue weighted by Gasteiger charge is -2.25. The zero-order valence-corrected chi connectivity index (χ0v) is 11.6. The molecule has 2 rings (SSSR count). The maximum absolute atomic E-state index is 5.15. The SMILES string of the molecule is CNC1=NC(c2ccc(OC)cc2)N=C(N(C)C)N1. The van der Waals surface area contributed by atoms with Crippen LogP contribution in [0.3, 0.4) is 0 Å². The molecule has 1 aliphatic rings. The van der Waals surface area contributed by atoms with Crippen LogP contribution in [-0.4, -0.2) is 45.1 Å². The zero-order chi connectivity index (χ0) is 13.8.